The zero-order valence-corrected chi connectivity index (χ0v) is 11.3. The summed E-state index contributed by atoms with van der Waals surface area (Å²) in [7, 11) is 0. The Balaban J connectivity index is 2.41. The number of fused-ring (bicyclic) bond motifs is 1. The van der Waals surface area contributed by atoms with Gasteiger partial charge in [0.05, 0.1) is 11.5 Å². The van der Waals surface area contributed by atoms with Crippen molar-refractivity contribution >= 4 is 5.78 Å². The van der Waals surface area contributed by atoms with Gasteiger partial charge in [-0.3, -0.25) is 4.79 Å². The molecule has 2 aliphatic rings. The van der Waals surface area contributed by atoms with Crippen LogP contribution in [0, 0.1) is 16.7 Å². The summed E-state index contributed by atoms with van der Waals surface area (Å²) in [5, 5.41) is 10.4. The standard InChI is InChI=1S/C15H24O2/c1-10(2)12-5-7-14(4)8-6-13(17)15(14,9-12)11(3)16/h12-13,17H,1,5-9H2,2-4H3. The van der Waals surface area contributed by atoms with Gasteiger partial charge in [0, 0.05) is 0 Å². The minimum absolute atomic E-state index is 0.00417. The Morgan fingerprint density at radius 3 is 2.41 bits per heavy atom. The van der Waals surface area contributed by atoms with E-state index in [0.717, 1.165) is 37.7 Å². The highest BCUT2D eigenvalue weighted by Crippen LogP contribution is 2.62. The molecule has 96 valence electrons. The van der Waals surface area contributed by atoms with Crippen LogP contribution in [0.25, 0.3) is 0 Å². The van der Waals surface area contributed by atoms with Gasteiger partial charge in [-0.05, 0) is 57.3 Å². The van der Waals surface area contributed by atoms with Gasteiger partial charge in [0.2, 0.25) is 0 Å². The minimum atomic E-state index is -0.505. The van der Waals surface area contributed by atoms with Crippen LogP contribution in [0.1, 0.15) is 52.9 Å². The Kier molecular flexibility index (Phi) is 2.97. The van der Waals surface area contributed by atoms with Crippen LogP contribution in [0.2, 0.25) is 0 Å². The van der Waals surface area contributed by atoms with Crippen LogP contribution in [0.15, 0.2) is 12.2 Å². The predicted molar refractivity (Wildman–Crippen MR) is 68.6 cm³/mol. The van der Waals surface area contributed by atoms with E-state index in [4.69, 9.17) is 0 Å². The highest BCUT2D eigenvalue weighted by molar-refractivity contribution is 5.84. The number of carbonyl (C=O) groups excluding carboxylic acids is 1. The molecule has 2 fully saturated rings. The molecular weight excluding hydrogens is 212 g/mol. The lowest BCUT2D eigenvalue weighted by molar-refractivity contribution is -0.146. The Morgan fingerprint density at radius 2 is 1.88 bits per heavy atom. The number of hydrogen-bond acceptors (Lipinski definition) is 2. The minimum Gasteiger partial charge on any atom is -0.392 e. The fourth-order valence-corrected chi connectivity index (χ4v) is 4.26. The average molecular weight is 236 g/mol. The van der Waals surface area contributed by atoms with Crippen LogP contribution < -0.4 is 0 Å². The van der Waals surface area contributed by atoms with E-state index in [0.29, 0.717) is 5.92 Å². The normalized spacial score (nSPS) is 45.4. The molecule has 2 nitrogen and oxygen atoms in total. The summed E-state index contributed by atoms with van der Waals surface area (Å²) in [6.45, 7) is 9.94. The number of aliphatic hydroxyl groups excluding tert-OH is 1. The van der Waals surface area contributed by atoms with E-state index in [2.05, 4.69) is 13.5 Å². The van der Waals surface area contributed by atoms with E-state index in [1.54, 1.807) is 6.92 Å². The molecule has 0 aromatic carbocycles. The monoisotopic (exact) mass is 236 g/mol. The largest absolute Gasteiger partial charge is 0.392 e. The third kappa shape index (κ3) is 1.61. The van der Waals surface area contributed by atoms with Crippen LogP contribution in [0.5, 0.6) is 0 Å². The number of Topliss-reactive ketones (excluding diaryl/α,β-unsaturated/α-hetero) is 1. The first-order valence-electron chi connectivity index (χ1n) is 6.68. The summed E-state index contributed by atoms with van der Waals surface area (Å²) in [5.74, 6) is 0.579. The molecule has 4 unspecified atom stereocenters. The molecule has 0 amide bonds. The summed E-state index contributed by atoms with van der Waals surface area (Å²) < 4.78 is 0. The van der Waals surface area contributed by atoms with E-state index in [1.165, 1.54) is 0 Å². The highest BCUT2D eigenvalue weighted by atomic mass is 16.3. The van der Waals surface area contributed by atoms with E-state index < -0.39 is 11.5 Å². The molecule has 2 rings (SSSR count). The fraction of sp³-hybridized carbons (Fsp3) is 0.800. The van der Waals surface area contributed by atoms with E-state index in [1.807, 2.05) is 6.92 Å². The van der Waals surface area contributed by atoms with Crippen molar-refractivity contribution in [3.8, 4) is 0 Å². The lowest BCUT2D eigenvalue weighted by atomic mass is 9.53. The van der Waals surface area contributed by atoms with Crippen molar-refractivity contribution in [3.05, 3.63) is 12.2 Å². The summed E-state index contributed by atoms with van der Waals surface area (Å²) in [4.78, 5) is 12.2. The smallest absolute Gasteiger partial charge is 0.139 e. The van der Waals surface area contributed by atoms with Crippen LogP contribution >= 0.6 is 0 Å². The molecular formula is C15H24O2. The highest BCUT2D eigenvalue weighted by Gasteiger charge is 2.62. The summed E-state index contributed by atoms with van der Waals surface area (Å²) in [6, 6.07) is 0. The molecule has 2 heteroatoms. The maximum Gasteiger partial charge on any atom is 0.139 e. The number of aliphatic hydroxyl groups is 1. The van der Waals surface area contributed by atoms with Crippen molar-refractivity contribution in [2.24, 2.45) is 16.7 Å². The zero-order chi connectivity index (χ0) is 12.8. The third-order valence-electron chi connectivity index (χ3n) is 5.55. The maximum absolute atomic E-state index is 12.2. The van der Waals surface area contributed by atoms with Crippen LogP contribution in [0.3, 0.4) is 0 Å². The van der Waals surface area contributed by atoms with E-state index in [9.17, 15) is 9.90 Å². The molecule has 2 saturated carbocycles. The Labute approximate surface area is 104 Å². The topological polar surface area (TPSA) is 37.3 Å². The van der Waals surface area contributed by atoms with Crippen molar-refractivity contribution < 1.29 is 9.90 Å². The fourth-order valence-electron chi connectivity index (χ4n) is 4.26. The quantitative estimate of drug-likeness (QED) is 0.748. The zero-order valence-electron chi connectivity index (χ0n) is 11.3. The predicted octanol–water partition coefficient (Wildman–Crippen LogP) is 3.10. The Hall–Kier alpha value is -0.630. The second-order valence-electron chi connectivity index (χ2n) is 6.43. The van der Waals surface area contributed by atoms with Crippen molar-refractivity contribution in [1.82, 2.24) is 0 Å². The van der Waals surface area contributed by atoms with Crippen molar-refractivity contribution in [1.29, 1.82) is 0 Å². The van der Waals surface area contributed by atoms with Gasteiger partial charge in [-0.2, -0.15) is 0 Å². The van der Waals surface area contributed by atoms with E-state index in [-0.39, 0.29) is 11.2 Å². The molecule has 1 N–H and O–H groups in total. The van der Waals surface area contributed by atoms with Gasteiger partial charge < -0.3 is 5.11 Å². The second kappa shape index (κ2) is 3.94. The summed E-state index contributed by atoms with van der Waals surface area (Å²) in [5.41, 5.74) is 0.658. The first kappa shape index (κ1) is 12.8. The van der Waals surface area contributed by atoms with Gasteiger partial charge in [0.25, 0.3) is 0 Å². The molecule has 0 aromatic heterocycles. The maximum atomic E-state index is 12.2. The summed E-state index contributed by atoms with van der Waals surface area (Å²) in [6.07, 6.45) is 4.27. The van der Waals surface area contributed by atoms with Crippen molar-refractivity contribution in [2.75, 3.05) is 0 Å². The number of hydrogen-bond donors (Lipinski definition) is 1. The van der Waals surface area contributed by atoms with Crippen LogP contribution in [-0.2, 0) is 4.79 Å². The number of allylic oxidation sites excluding steroid dienone is 1. The molecule has 0 spiro atoms. The van der Waals surface area contributed by atoms with Gasteiger partial charge in [-0.15, -0.1) is 0 Å². The third-order valence-corrected chi connectivity index (χ3v) is 5.55. The second-order valence-corrected chi connectivity index (χ2v) is 6.43. The van der Waals surface area contributed by atoms with Gasteiger partial charge >= 0.3 is 0 Å². The number of rotatable bonds is 2. The van der Waals surface area contributed by atoms with Crippen molar-refractivity contribution in [2.45, 2.75) is 59.0 Å². The lowest BCUT2D eigenvalue weighted by Gasteiger charge is -2.50. The molecule has 2 aliphatic carbocycles. The molecule has 0 heterocycles. The molecule has 0 saturated heterocycles. The molecule has 0 aromatic rings. The van der Waals surface area contributed by atoms with Crippen LogP contribution in [-0.4, -0.2) is 17.0 Å². The Bertz CT molecular complexity index is 360. The average Bonchev–Trinajstić information content (AvgIpc) is 2.52. The van der Waals surface area contributed by atoms with Crippen LogP contribution in [0.4, 0.5) is 0 Å². The molecule has 0 radical (unpaired) electrons. The molecule has 17 heavy (non-hydrogen) atoms. The van der Waals surface area contributed by atoms with Gasteiger partial charge in [0.15, 0.2) is 0 Å². The first-order chi connectivity index (χ1) is 7.83. The molecule has 4 atom stereocenters. The number of carbonyl (C=O) groups is 1. The lowest BCUT2D eigenvalue weighted by Crippen LogP contribution is -2.51. The first-order valence-corrected chi connectivity index (χ1v) is 6.68. The van der Waals surface area contributed by atoms with Gasteiger partial charge in [0.1, 0.15) is 5.78 Å². The SMILES string of the molecule is C=C(C)C1CCC2(C)CCC(O)C2(C(C)=O)C1. The molecule has 0 aliphatic heterocycles. The number of ketones is 1. The van der Waals surface area contributed by atoms with E-state index >= 15 is 0 Å². The molecule has 0 bridgehead atoms. The van der Waals surface area contributed by atoms with Crippen molar-refractivity contribution in [3.63, 3.8) is 0 Å². The Morgan fingerprint density at radius 1 is 1.29 bits per heavy atom. The van der Waals surface area contributed by atoms with Gasteiger partial charge in [-0.25, -0.2) is 0 Å². The van der Waals surface area contributed by atoms with Gasteiger partial charge in [-0.1, -0.05) is 19.1 Å². The summed E-state index contributed by atoms with van der Waals surface area (Å²) >= 11 is 0.